The molecule has 0 saturated carbocycles. The smallest absolute Gasteiger partial charge is 0.255 e. The van der Waals surface area contributed by atoms with Crippen LogP contribution in [0.5, 0.6) is 0 Å². The van der Waals surface area contributed by atoms with E-state index < -0.39 is 0 Å². The number of pyridine rings is 1. The SMILES string of the molecule is NCCC1CCCN(C(=O)c2ccc(=O)[nH]c2)C1. The van der Waals surface area contributed by atoms with Crippen molar-refractivity contribution < 1.29 is 4.79 Å². The number of likely N-dealkylation sites (tertiary alicyclic amines) is 1. The maximum absolute atomic E-state index is 12.2. The first kappa shape index (κ1) is 12.8. The minimum Gasteiger partial charge on any atom is -0.338 e. The van der Waals surface area contributed by atoms with Gasteiger partial charge in [-0.1, -0.05) is 0 Å². The van der Waals surface area contributed by atoms with Gasteiger partial charge in [0.2, 0.25) is 5.56 Å². The summed E-state index contributed by atoms with van der Waals surface area (Å²) in [6, 6.07) is 2.96. The molecule has 1 aromatic heterocycles. The van der Waals surface area contributed by atoms with Crippen molar-refractivity contribution in [3.05, 3.63) is 34.2 Å². The third kappa shape index (κ3) is 2.98. The van der Waals surface area contributed by atoms with Crippen LogP contribution in [0.15, 0.2) is 23.1 Å². The van der Waals surface area contributed by atoms with E-state index >= 15 is 0 Å². The predicted octanol–water partition coefficient (Wildman–Crippen LogP) is 0.576. The second kappa shape index (κ2) is 5.82. The van der Waals surface area contributed by atoms with Crippen LogP contribution in [-0.4, -0.2) is 35.4 Å². The van der Waals surface area contributed by atoms with Crippen molar-refractivity contribution in [2.24, 2.45) is 11.7 Å². The highest BCUT2D eigenvalue weighted by Gasteiger charge is 2.23. The first-order valence-corrected chi connectivity index (χ1v) is 6.39. The van der Waals surface area contributed by atoms with Gasteiger partial charge in [0.1, 0.15) is 0 Å². The van der Waals surface area contributed by atoms with Crippen molar-refractivity contribution in [2.45, 2.75) is 19.3 Å². The summed E-state index contributed by atoms with van der Waals surface area (Å²) in [6.45, 7) is 2.24. The van der Waals surface area contributed by atoms with Crippen molar-refractivity contribution in [3.8, 4) is 0 Å². The summed E-state index contributed by atoms with van der Waals surface area (Å²) in [5, 5.41) is 0. The number of piperidine rings is 1. The van der Waals surface area contributed by atoms with Crippen LogP contribution < -0.4 is 11.3 Å². The standard InChI is InChI=1S/C13H19N3O2/c14-6-5-10-2-1-7-16(9-10)13(18)11-3-4-12(17)15-8-11/h3-4,8,10H,1-2,5-7,9,14H2,(H,15,17). The number of hydrogen-bond acceptors (Lipinski definition) is 3. The lowest BCUT2D eigenvalue weighted by Gasteiger charge is -2.32. The van der Waals surface area contributed by atoms with Crippen LogP contribution in [0.2, 0.25) is 0 Å². The molecule has 1 fully saturated rings. The van der Waals surface area contributed by atoms with E-state index in [0.29, 0.717) is 18.0 Å². The second-order valence-corrected chi connectivity index (χ2v) is 4.78. The van der Waals surface area contributed by atoms with Gasteiger partial charge in [0.25, 0.3) is 5.91 Å². The zero-order chi connectivity index (χ0) is 13.0. The molecule has 0 bridgehead atoms. The van der Waals surface area contributed by atoms with Gasteiger partial charge < -0.3 is 15.6 Å². The molecular formula is C13H19N3O2. The highest BCUT2D eigenvalue weighted by Crippen LogP contribution is 2.20. The lowest BCUT2D eigenvalue weighted by Crippen LogP contribution is -2.40. The highest BCUT2D eigenvalue weighted by atomic mass is 16.2. The molecule has 3 N–H and O–H groups in total. The Kier molecular flexibility index (Phi) is 4.15. The molecule has 1 aromatic rings. The van der Waals surface area contributed by atoms with Crippen LogP contribution in [-0.2, 0) is 0 Å². The quantitative estimate of drug-likeness (QED) is 0.822. The molecule has 1 atom stereocenters. The van der Waals surface area contributed by atoms with Gasteiger partial charge in [-0.2, -0.15) is 0 Å². The second-order valence-electron chi connectivity index (χ2n) is 4.78. The van der Waals surface area contributed by atoms with E-state index in [1.54, 1.807) is 6.07 Å². The van der Waals surface area contributed by atoms with Gasteiger partial charge in [-0.05, 0) is 37.8 Å². The molecule has 0 aromatic carbocycles. The topological polar surface area (TPSA) is 79.2 Å². The Morgan fingerprint density at radius 3 is 3.00 bits per heavy atom. The number of rotatable bonds is 3. The molecule has 1 aliphatic heterocycles. The number of carbonyl (C=O) groups is 1. The summed E-state index contributed by atoms with van der Waals surface area (Å²) in [5.74, 6) is 0.503. The first-order chi connectivity index (χ1) is 8.70. The van der Waals surface area contributed by atoms with Crippen molar-refractivity contribution in [1.29, 1.82) is 0 Å². The lowest BCUT2D eigenvalue weighted by molar-refractivity contribution is 0.0669. The summed E-state index contributed by atoms with van der Waals surface area (Å²) >= 11 is 0. The maximum atomic E-state index is 12.2. The van der Waals surface area contributed by atoms with Gasteiger partial charge in [0, 0.05) is 25.4 Å². The molecule has 1 saturated heterocycles. The third-order valence-corrected chi connectivity index (χ3v) is 3.41. The number of hydrogen-bond donors (Lipinski definition) is 2. The number of nitrogens with one attached hydrogen (secondary N) is 1. The first-order valence-electron chi connectivity index (χ1n) is 6.39. The number of amides is 1. The minimum absolute atomic E-state index is 0.00651. The third-order valence-electron chi connectivity index (χ3n) is 3.41. The Bertz CT molecular complexity index is 447. The Labute approximate surface area is 106 Å². The molecule has 18 heavy (non-hydrogen) atoms. The number of nitrogens with two attached hydrogens (primary N) is 1. The number of nitrogens with zero attached hydrogens (tertiary/aromatic N) is 1. The predicted molar refractivity (Wildman–Crippen MR) is 69.4 cm³/mol. The zero-order valence-corrected chi connectivity index (χ0v) is 10.4. The molecule has 2 rings (SSSR count). The fourth-order valence-electron chi connectivity index (χ4n) is 2.45. The molecule has 1 aliphatic rings. The molecule has 5 nitrogen and oxygen atoms in total. The van der Waals surface area contributed by atoms with Crippen molar-refractivity contribution in [3.63, 3.8) is 0 Å². The Morgan fingerprint density at radius 1 is 1.50 bits per heavy atom. The van der Waals surface area contributed by atoms with E-state index in [4.69, 9.17) is 5.73 Å². The molecule has 0 radical (unpaired) electrons. The normalized spacial score (nSPS) is 19.8. The van der Waals surface area contributed by atoms with Gasteiger partial charge in [-0.25, -0.2) is 0 Å². The zero-order valence-electron chi connectivity index (χ0n) is 10.4. The van der Waals surface area contributed by atoms with E-state index in [-0.39, 0.29) is 11.5 Å². The fraction of sp³-hybridized carbons (Fsp3) is 0.538. The Morgan fingerprint density at radius 2 is 2.33 bits per heavy atom. The summed E-state index contributed by atoms with van der Waals surface area (Å²) in [6.07, 6.45) is 4.62. The van der Waals surface area contributed by atoms with Crippen molar-refractivity contribution >= 4 is 5.91 Å². The van der Waals surface area contributed by atoms with Gasteiger partial charge in [0.05, 0.1) is 5.56 Å². The average molecular weight is 249 g/mol. The molecule has 1 unspecified atom stereocenters. The maximum Gasteiger partial charge on any atom is 0.255 e. The number of aromatic nitrogens is 1. The summed E-state index contributed by atoms with van der Waals surface area (Å²) in [5.41, 5.74) is 5.92. The Hall–Kier alpha value is -1.62. The highest BCUT2D eigenvalue weighted by molar-refractivity contribution is 5.93. The Balaban J connectivity index is 2.04. The van der Waals surface area contributed by atoms with Crippen molar-refractivity contribution in [2.75, 3.05) is 19.6 Å². The van der Waals surface area contributed by atoms with Gasteiger partial charge >= 0.3 is 0 Å². The summed E-state index contributed by atoms with van der Waals surface area (Å²) in [4.78, 5) is 27.6. The van der Waals surface area contributed by atoms with E-state index in [1.165, 1.54) is 12.3 Å². The average Bonchev–Trinajstić information content (AvgIpc) is 2.39. The van der Waals surface area contributed by atoms with Crippen LogP contribution in [0, 0.1) is 5.92 Å². The van der Waals surface area contributed by atoms with Crippen LogP contribution >= 0.6 is 0 Å². The summed E-state index contributed by atoms with van der Waals surface area (Å²) < 4.78 is 0. The van der Waals surface area contributed by atoms with E-state index in [0.717, 1.165) is 32.4 Å². The van der Waals surface area contributed by atoms with Crippen LogP contribution in [0.3, 0.4) is 0 Å². The van der Waals surface area contributed by atoms with Crippen LogP contribution in [0.1, 0.15) is 29.6 Å². The number of H-pyrrole nitrogens is 1. The summed E-state index contributed by atoms with van der Waals surface area (Å²) in [7, 11) is 0. The van der Waals surface area contributed by atoms with Crippen LogP contribution in [0.25, 0.3) is 0 Å². The molecule has 98 valence electrons. The molecule has 2 heterocycles. The monoisotopic (exact) mass is 249 g/mol. The molecule has 0 spiro atoms. The lowest BCUT2D eigenvalue weighted by atomic mass is 9.94. The van der Waals surface area contributed by atoms with E-state index in [9.17, 15) is 9.59 Å². The van der Waals surface area contributed by atoms with Gasteiger partial charge in [-0.15, -0.1) is 0 Å². The fourth-order valence-corrected chi connectivity index (χ4v) is 2.45. The van der Waals surface area contributed by atoms with Crippen molar-refractivity contribution in [1.82, 2.24) is 9.88 Å². The van der Waals surface area contributed by atoms with Crippen LogP contribution in [0.4, 0.5) is 0 Å². The molecular weight excluding hydrogens is 230 g/mol. The molecule has 1 amide bonds. The largest absolute Gasteiger partial charge is 0.338 e. The minimum atomic E-state index is -0.189. The molecule has 0 aliphatic carbocycles. The van der Waals surface area contributed by atoms with E-state index in [1.807, 2.05) is 4.90 Å². The number of aromatic amines is 1. The number of carbonyl (C=O) groups excluding carboxylic acids is 1. The molecule has 5 heteroatoms. The van der Waals surface area contributed by atoms with Gasteiger partial charge in [0.15, 0.2) is 0 Å². The van der Waals surface area contributed by atoms with E-state index in [2.05, 4.69) is 4.98 Å². The van der Waals surface area contributed by atoms with Gasteiger partial charge in [-0.3, -0.25) is 9.59 Å².